The molecule has 1 aromatic carbocycles. The predicted octanol–water partition coefficient (Wildman–Crippen LogP) is 2.57. The Morgan fingerprint density at radius 1 is 1.31 bits per heavy atom. The second-order valence-electron chi connectivity index (χ2n) is 3.34. The molecule has 1 atom stereocenters. The molecule has 0 aromatic heterocycles. The first-order chi connectivity index (χ1) is 6.14. The van der Waals surface area contributed by atoms with Gasteiger partial charge in [-0.1, -0.05) is 25.1 Å². The number of benzene rings is 1. The zero-order valence-corrected chi connectivity index (χ0v) is 8.16. The van der Waals surface area contributed by atoms with Gasteiger partial charge in [0, 0.05) is 13.3 Å². The van der Waals surface area contributed by atoms with E-state index in [1.54, 1.807) is 6.92 Å². The summed E-state index contributed by atoms with van der Waals surface area (Å²) in [6.07, 6.45) is 1.54. The topological polar surface area (TPSA) is 29.5 Å². The molecular formula is C11H16O2. The fraction of sp³-hybridized carbons (Fsp3) is 0.455. The van der Waals surface area contributed by atoms with E-state index in [0.29, 0.717) is 12.2 Å². The Bertz CT molecular complexity index is 242. The van der Waals surface area contributed by atoms with Crippen LogP contribution in [-0.4, -0.2) is 10.9 Å². The third kappa shape index (κ3) is 3.47. The lowest BCUT2D eigenvalue weighted by Gasteiger charge is -2.24. The summed E-state index contributed by atoms with van der Waals surface area (Å²) in [5, 5.41) is 9.75. The summed E-state index contributed by atoms with van der Waals surface area (Å²) in [7, 11) is 0. The fourth-order valence-electron chi connectivity index (χ4n) is 1.26. The molecule has 0 bridgehead atoms. The van der Waals surface area contributed by atoms with Gasteiger partial charge in [-0.05, 0) is 18.6 Å². The SMILES string of the molecule is CCCC(C)(O)Oc1ccccc1. The highest BCUT2D eigenvalue weighted by atomic mass is 16.6. The van der Waals surface area contributed by atoms with Crippen LogP contribution in [0.3, 0.4) is 0 Å². The van der Waals surface area contributed by atoms with Crippen LogP contribution in [0.5, 0.6) is 5.75 Å². The highest BCUT2D eigenvalue weighted by Gasteiger charge is 2.20. The number of para-hydroxylation sites is 1. The van der Waals surface area contributed by atoms with Crippen molar-refractivity contribution < 1.29 is 9.84 Å². The van der Waals surface area contributed by atoms with Gasteiger partial charge >= 0.3 is 0 Å². The summed E-state index contributed by atoms with van der Waals surface area (Å²) >= 11 is 0. The van der Waals surface area contributed by atoms with Crippen molar-refractivity contribution in [2.24, 2.45) is 0 Å². The van der Waals surface area contributed by atoms with E-state index in [0.717, 1.165) is 6.42 Å². The van der Waals surface area contributed by atoms with Crippen molar-refractivity contribution in [3.63, 3.8) is 0 Å². The average Bonchev–Trinajstić information content (AvgIpc) is 2.04. The number of rotatable bonds is 4. The monoisotopic (exact) mass is 180 g/mol. The number of hydrogen-bond acceptors (Lipinski definition) is 2. The van der Waals surface area contributed by atoms with Gasteiger partial charge in [0.25, 0.3) is 0 Å². The minimum Gasteiger partial charge on any atom is -0.463 e. The number of ether oxygens (including phenoxy) is 1. The quantitative estimate of drug-likeness (QED) is 0.721. The van der Waals surface area contributed by atoms with E-state index < -0.39 is 5.79 Å². The first kappa shape index (κ1) is 10.1. The molecule has 0 heterocycles. The Balaban J connectivity index is 2.58. The Labute approximate surface area is 79.2 Å². The highest BCUT2D eigenvalue weighted by Crippen LogP contribution is 2.19. The minimum absolute atomic E-state index is 0.641. The molecule has 0 aliphatic heterocycles. The van der Waals surface area contributed by atoms with Crippen molar-refractivity contribution in [1.29, 1.82) is 0 Å². The molecule has 1 rings (SSSR count). The van der Waals surface area contributed by atoms with Crippen LogP contribution in [0.1, 0.15) is 26.7 Å². The highest BCUT2D eigenvalue weighted by molar-refractivity contribution is 5.21. The van der Waals surface area contributed by atoms with Crippen molar-refractivity contribution >= 4 is 0 Å². The molecule has 1 unspecified atom stereocenters. The van der Waals surface area contributed by atoms with Crippen molar-refractivity contribution in [3.05, 3.63) is 30.3 Å². The first-order valence-corrected chi connectivity index (χ1v) is 4.60. The molecule has 1 N–H and O–H groups in total. The standard InChI is InChI=1S/C11H16O2/c1-3-9-11(2,12)13-10-7-5-4-6-8-10/h4-8,12H,3,9H2,1-2H3. The molecule has 2 nitrogen and oxygen atoms in total. The van der Waals surface area contributed by atoms with Crippen molar-refractivity contribution in [3.8, 4) is 5.75 Å². The van der Waals surface area contributed by atoms with E-state index in [9.17, 15) is 5.11 Å². The van der Waals surface area contributed by atoms with Crippen LogP contribution in [0.4, 0.5) is 0 Å². The molecule has 0 amide bonds. The second kappa shape index (κ2) is 4.28. The Morgan fingerprint density at radius 3 is 2.46 bits per heavy atom. The summed E-state index contributed by atoms with van der Waals surface area (Å²) < 4.78 is 5.40. The van der Waals surface area contributed by atoms with Gasteiger partial charge in [0.05, 0.1) is 0 Å². The van der Waals surface area contributed by atoms with Crippen LogP contribution in [0.15, 0.2) is 30.3 Å². The molecule has 0 radical (unpaired) electrons. The van der Waals surface area contributed by atoms with Gasteiger partial charge in [-0.2, -0.15) is 0 Å². The normalized spacial score (nSPS) is 15.0. The van der Waals surface area contributed by atoms with Crippen LogP contribution >= 0.6 is 0 Å². The lowest BCUT2D eigenvalue weighted by atomic mass is 10.2. The maximum absolute atomic E-state index is 9.75. The van der Waals surface area contributed by atoms with Crippen molar-refractivity contribution in [1.82, 2.24) is 0 Å². The maximum Gasteiger partial charge on any atom is 0.205 e. The van der Waals surface area contributed by atoms with Crippen LogP contribution in [0.25, 0.3) is 0 Å². The lowest BCUT2D eigenvalue weighted by Crippen LogP contribution is -2.31. The van der Waals surface area contributed by atoms with Gasteiger partial charge in [0.15, 0.2) is 0 Å². The van der Waals surface area contributed by atoms with E-state index in [4.69, 9.17) is 4.74 Å². The number of hydrogen-bond donors (Lipinski definition) is 1. The zero-order valence-electron chi connectivity index (χ0n) is 8.16. The average molecular weight is 180 g/mol. The molecule has 0 fully saturated rings. The molecule has 0 aliphatic rings. The van der Waals surface area contributed by atoms with Crippen molar-refractivity contribution in [2.75, 3.05) is 0 Å². The minimum atomic E-state index is -1.05. The Morgan fingerprint density at radius 2 is 1.92 bits per heavy atom. The summed E-state index contributed by atoms with van der Waals surface area (Å²) in [6.45, 7) is 3.70. The molecule has 0 aliphatic carbocycles. The molecule has 72 valence electrons. The Kier molecular flexibility index (Phi) is 3.32. The second-order valence-corrected chi connectivity index (χ2v) is 3.34. The van der Waals surface area contributed by atoms with E-state index in [1.807, 2.05) is 37.3 Å². The summed E-state index contributed by atoms with van der Waals surface area (Å²) in [5.74, 6) is -0.336. The van der Waals surface area contributed by atoms with Gasteiger partial charge in [-0.3, -0.25) is 0 Å². The molecular weight excluding hydrogens is 164 g/mol. The maximum atomic E-state index is 9.75. The molecule has 0 spiro atoms. The van der Waals surface area contributed by atoms with Crippen LogP contribution in [0, 0.1) is 0 Å². The third-order valence-corrected chi connectivity index (χ3v) is 1.79. The van der Waals surface area contributed by atoms with Gasteiger partial charge in [0.2, 0.25) is 5.79 Å². The molecule has 13 heavy (non-hydrogen) atoms. The lowest BCUT2D eigenvalue weighted by molar-refractivity contribution is -0.126. The number of aliphatic hydroxyl groups is 1. The van der Waals surface area contributed by atoms with Gasteiger partial charge in [-0.25, -0.2) is 0 Å². The van der Waals surface area contributed by atoms with Crippen LogP contribution in [0.2, 0.25) is 0 Å². The van der Waals surface area contributed by atoms with E-state index in [-0.39, 0.29) is 0 Å². The Hall–Kier alpha value is -1.02. The van der Waals surface area contributed by atoms with Gasteiger partial charge < -0.3 is 9.84 Å². The summed E-state index contributed by atoms with van der Waals surface area (Å²) in [5.41, 5.74) is 0. The molecule has 1 aromatic rings. The van der Waals surface area contributed by atoms with E-state index in [1.165, 1.54) is 0 Å². The molecule has 0 saturated carbocycles. The van der Waals surface area contributed by atoms with Crippen LogP contribution in [-0.2, 0) is 0 Å². The van der Waals surface area contributed by atoms with Crippen LogP contribution < -0.4 is 4.74 Å². The van der Waals surface area contributed by atoms with Gasteiger partial charge in [-0.15, -0.1) is 0 Å². The van der Waals surface area contributed by atoms with E-state index >= 15 is 0 Å². The smallest absolute Gasteiger partial charge is 0.205 e. The van der Waals surface area contributed by atoms with Gasteiger partial charge in [0.1, 0.15) is 5.75 Å². The summed E-state index contributed by atoms with van der Waals surface area (Å²) in [6, 6.07) is 9.37. The molecule has 2 heteroatoms. The zero-order chi connectivity index (χ0) is 9.73. The van der Waals surface area contributed by atoms with E-state index in [2.05, 4.69) is 0 Å². The molecule has 0 saturated heterocycles. The third-order valence-electron chi connectivity index (χ3n) is 1.79. The fourth-order valence-corrected chi connectivity index (χ4v) is 1.26. The van der Waals surface area contributed by atoms with Crippen molar-refractivity contribution in [2.45, 2.75) is 32.5 Å². The largest absolute Gasteiger partial charge is 0.463 e. The first-order valence-electron chi connectivity index (χ1n) is 4.60. The predicted molar refractivity (Wildman–Crippen MR) is 52.6 cm³/mol. The summed E-state index contributed by atoms with van der Waals surface area (Å²) in [4.78, 5) is 0.